The summed E-state index contributed by atoms with van der Waals surface area (Å²) in [6, 6.07) is 13.4. The molecule has 1 heterocycles. The molecule has 0 aliphatic rings. The fourth-order valence-corrected chi connectivity index (χ4v) is 2.65. The molecule has 0 aliphatic carbocycles. The molecule has 7 heteroatoms. The number of hydrogen-bond acceptors (Lipinski definition) is 5. The first-order valence-corrected chi connectivity index (χ1v) is 8.36. The summed E-state index contributed by atoms with van der Waals surface area (Å²) in [6.07, 6.45) is 0. The molecule has 0 aliphatic heterocycles. The number of methoxy groups -OCH3 is 1. The summed E-state index contributed by atoms with van der Waals surface area (Å²) in [6.45, 7) is 1.66. The van der Waals surface area contributed by atoms with Gasteiger partial charge in [-0.15, -0.1) is 0 Å². The SMILES string of the molecule is COc1cccc2cc(C(C)NC(=O)COc3ccc(C(N)=O)cc3)oc12. The summed E-state index contributed by atoms with van der Waals surface area (Å²) in [5, 5.41) is 3.72. The number of hydrogen-bond donors (Lipinski definition) is 2. The minimum Gasteiger partial charge on any atom is -0.493 e. The second-order valence-electron chi connectivity index (χ2n) is 5.99. The predicted octanol–water partition coefficient (Wildman–Crippen LogP) is 2.80. The molecule has 2 aromatic carbocycles. The smallest absolute Gasteiger partial charge is 0.258 e. The zero-order valence-electron chi connectivity index (χ0n) is 15.0. The van der Waals surface area contributed by atoms with Gasteiger partial charge >= 0.3 is 0 Å². The van der Waals surface area contributed by atoms with Crippen LogP contribution in [0.5, 0.6) is 11.5 Å². The lowest BCUT2D eigenvalue weighted by atomic mass is 10.2. The Kier molecular flexibility index (Phi) is 5.30. The first-order valence-electron chi connectivity index (χ1n) is 8.36. The molecule has 27 heavy (non-hydrogen) atoms. The van der Waals surface area contributed by atoms with E-state index in [4.69, 9.17) is 19.6 Å². The Morgan fingerprint density at radius 3 is 2.59 bits per heavy atom. The molecule has 1 aromatic heterocycles. The van der Waals surface area contributed by atoms with Crippen LogP contribution < -0.4 is 20.5 Å². The van der Waals surface area contributed by atoms with Gasteiger partial charge in [0.05, 0.1) is 13.2 Å². The van der Waals surface area contributed by atoms with Crippen LogP contribution in [-0.2, 0) is 4.79 Å². The van der Waals surface area contributed by atoms with Crippen molar-refractivity contribution in [1.29, 1.82) is 0 Å². The van der Waals surface area contributed by atoms with E-state index in [0.717, 1.165) is 5.39 Å². The monoisotopic (exact) mass is 368 g/mol. The number of furan rings is 1. The van der Waals surface area contributed by atoms with E-state index < -0.39 is 5.91 Å². The van der Waals surface area contributed by atoms with Gasteiger partial charge in [-0.1, -0.05) is 12.1 Å². The lowest BCUT2D eigenvalue weighted by Crippen LogP contribution is -2.31. The van der Waals surface area contributed by atoms with E-state index in [2.05, 4.69) is 5.32 Å². The molecule has 0 saturated heterocycles. The maximum absolute atomic E-state index is 12.1. The van der Waals surface area contributed by atoms with Crippen molar-refractivity contribution in [3.05, 3.63) is 59.9 Å². The Balaban J connectivity index is 1.59. The van der Waals surface area contributed by atoms with Gasteiger partial charge in [0.2, 0.25) is 5.91 Å². The molecule has 1 atom stereocenters. The van der Waals surface area contributed by atoms with E-state index in [9.17, 15) is 9.59 Å². The summed E-state index contributed by atoms with van der Waals surface area (Å²) in [4.78, 5) is 23.2. The second kappa shape index (κ2) is 7.82. The molecule has 3 N–H and O–H groups in total. The minimum absolute atomic E-state index is 0.163. The molecule has 1 unspecified atom stereocenters. The maximum atomic E-state index is 12.1. The van der Waals surface area contributed by atoms with Crippen molar-refractivity contribution in [3.63, 3.8) is 0 Å². The number of benzene rings is 2. The average molecular weight is 368 g/mol. The number of amides is 2. The van der Waals surface area contributed by atoms with Gasteiger partial charge in [0.25, 0.3) is 5.91 Å². The van der Waals surface area contributed by atoms with Crippen LogP contribution in [0.25, 0.3) is 11.0 Å². The van der Waals surface area contributed by atoms with Gasteiger partial charge in [-0.05, 0) is 43.3 Å². The fourth-order valence-electron chi connectivity index (χ4n) is 2.65. The Labute approximate surface area is 156 Å². The highest BCUT2D eigenvalue weighted by atomic mass is 16.5. The number of carbonyl (C=O) groups excluding carboxylic acids is 2. The van der Waals surface area contributed by atoms with Crippen molar-refractivity contribution in [1.82, 2.24) is 5.32 Å². The molecule has 0 saturated carbocycles. The predicted molar refractivity (Wildman–Crippen MR) is 99.8 cm³/mol. The van der Waals surface area contributed by atoms with Gasteiger partial charge in [-0.2, -0.15) is 0 Å². The Bertz CT molecular complexity index is 962. The molecular formula is C20H20N2O5. The summed E-state index contributed by atoms with van der Waals surface area (Å²) < 4.78 is 16.5. The zero-order chi connectivity index (χ0) is 19.4. The van der Waals surface area contributed by atoms with E-state index >= 15 is 0 Å². The summed E-state index contributed by atoms with van der Waals surface area (Å²) in [5.41, 5.74) is 6.20. The van der Waals surface area contributed by atoms with E-state index in [1.54, 1.807) is 31.4 Å². The number of rotatable bonds is 7. The number of nitrogens with two attached hydrogens (primary N) is 1. The molecular weight excluding hydrogens is 348 g/mol. The zero-order valence-corrected chi connectivity index (χ0v) is 15.0. The first kappa shape index (κ1) is 18.3. The molecule has 0 radical (unpaired) electrons. The van der Waals surface area contributed by atoms with Crippen LogP contribution in [0.15, 0.2) is 52.9 Å². The number of carbonyl (C=O) groups is 2. The Hall–Kier alpha value is -3.48. The van der Waals surface area contributed by atoms with E-state index in [-0.39, 0.29) is 18.6 Å². The highest BCUT2D eigenvalue weighted by Crippen LogP contribution is 2.30. The second-order valence-corrected chi connectivity index (χ2v) is 5.99. The number of ether oxygens (including phenoxy) is 2. The number of primary amides is 1. The number of para-hydroxylation sites is 1. The lowest BCUT2D eigenvalue weighted by Gasteiger charge is -2.12. The van der Waals surface area contributed by atoms with Crippen LogP contribution in [0, 0.1) is 0 Å². The first-order chi connectivity index (χ1) is 13.0. The third kappa shape index (κ3) is 4.20. The highest BCUT2D eigenvalue weighted by Gasteiger charge is 2.16. The van der Waals surface area contributed by atoms with Crippen molar-refractivity contribution < 1.29 is 23.5 Å². The maximum Gasteiger partial charge on any atom is 0.258 e. The fraction of sp³-hybridized carbons (Fsp3) is 0.200. The van der Waals surface area contributed by atoms with Gasteiger partial charge in [0.1, 0.15) is 11.5 Å². The van der Waals surface area contributed by atoms with Gasteiger partial charge < -0.3 is 24.9 Å². The molecule has 2 amide bonds. The lowest BCUT2D eigenvalue weighted by molar-refractivity contribution is -0.123. The summed E-state index contributed by atoms with van der Waals surface area (Å²) in [7, 11) is 1.58. The molecule has 0 spiro atoms. The normalized spacial score (nSPS) is 11.8. The van der Waals surface area contributed by atoms with Crippen molar-refractivity contribution in [2.24, 2.45) is 5.73 Å². The highest BCUT2D eigenvalue weighted by molar-refractivity contribution is 5.92. The van der Waals surface area contributed by atoms with E-state index in [1.165, 1.54) is 0 Å². The summed E-state index contributed by atoms with van der Waals surface area (Å²) in [5.74, 6) is 0.912. The van der Waals surface area contributed by atoms with E-state index in [0.29, 0.717) is 28.4 Å². The van der Waals surface area contributed by atoms with E-state index in [1.807, 2.05) is 31.2 Å². The third-order valence-corrected chi connectivity index (χ3v) is 4.06. The Morgan fingerprint density at radius 2 is 1.93 bits per heavy atom. The van der Waals surface area contributed by atoms with Gasteiger partial charge in [-0.25, -0.2) is 0 Å². The number of nitrogens with one attached hydrogen (secondary N) is 1. The molecule has 7 nitrogen and oxygen atoms in total. The van der Waals surface area contributed by atoms with Crippen LogP contribution in [0.3, 0.4) is 0 Å². The molecule has 140 valence electrons. The summed E-state index contributed by atoms with van der Waals surface area (Å²) >= 11 is 0. The van der Waals surface area contributed by atoms with Gasteiger partial charge in [0.15, 0.2) is 17.9 Å². The van der Waals surface area contributed by atoms with Crippen LogP contribution in [0.4, 0.5) is 0 Å². The van der Waals surface area contributed by atoms with Crippen LogP contribution in [0.1, 0.15) is 29.1 Å². The van der Waals surface area contributed by atoms with Crippen molar-refractivity contribution >= 4 is 22.8 Å². The van der Waals surface area contributed by atoms with Crippen LogP contribution in [-0.4, -0.2) is 25.5 Å². The minimum atomic E-state index is -0.518. The third-order valence-electron chi connectivity index (χ3n) is 4.06. The molecule has 3 rings (SSSR count). The van der Waals surface area contributed by atoms with Crippen molar-refractivity contribution in [2.45, 2.75) is 13.0 Å². The standard InChI is InChI=1S/C20H20N2O5/c1-12(17-10-14-4-3-5-16(25-2)19(14)27-17)22-18(23)11-26-15-8-6-13(7-9-15)20(21)24/h3-10,12H,11H2,1-2H3,(H2,21,24)(H,22,23). The average Bonchev–Trinajstić information content (AvgIpc) is 3.11. The van der Waals surface area contributed by atoms with Crippen LogP contribution >= 0.6 is 0 Å². The van der Waals surface area contributed by atoms with Crippen LogP contribution in [0.2, 0.25) is 0 Å². The topological polar surface area (TPSA) is 104 Å². The molecule has 0 bridgehead atoms. The quantitative estimate of drug-likeness (QED) is 0.667. The number of fused-ring (bicyclic) bond motifs is 1. The van der Waals surface area contributed by atoms with Crippen molar-refractivity contribution in [2.75, 3.05) is 13.7 Å². The molecule has 3 aromatic rings. The van der Waals surface area contributed by atoms with Crippen molar-refractivity contribution in [3.8, 4) is 11.5 Å². The largest absolute Gasteiger partial charge is 0.493 e. The van der Waals surface area contributed by atoms with Gasteiger partial charge in [0, 0.05) is 10.9 Å². The molecule has 0 fully saturated rings. The Morgan fingerprint density at radius 1 is 1.19 bits per heavy atom. The van der Waals surface area contributed by atoms with Gasteiger partial charge in [-0.3, -0.25) is 9.59 Å².